The maximum absolute atomic E-state index is 12.6. The van der Waals surface area contributed by atoms with Crippen molar-refractivity contribution in [2.45, 2.75) is 31.6 Å². The number of benzene rings is 1. The number of hydrogen-bond acceptors (Lipinski definition) is 3. The molecular weight excluding hydrogens is 349 g/mol. The molecule has 2 heterocycles. The van der Waals surface area contributed by atoms with Gasteiger partial charge in [0.05, 0.1) is 18.4 Å². The molecule has 0 aliphatic carbocycles. The summed E-state index contributed by atoms with van der Waals surface area (Å²) < 4.78 is 43.0. The molecule has 1 aromatic carbocycles. The Morgan fingerprint density at radius 2 is 1.92 bits per heavy atom. The second-order valence-electron chi connectivity index (χ2n) is 6.03. The zero-order chi connectivity index (χ0) is 18.7. The zero-order valence-corrected chi connectivity index (χ0v) is 13.8. The number of nitrogens with one attached hydrogen (secondary N) is 1. The van der Waals surface area contributed by atoms with Crippen molar-refractivity contribution < 1.29 is 27.2 Å². The summed E-state index contributed by atoms with van der Waals surface area (Å²) in [4.78, 5) is 26.4. The quantitative estimate of drug-likeness (QED) is 0.904. The molecule has 8 heteroatoms. The van der Waals surface area contributed by atoms with Crippen molar-refractivity contribution >= 4 is 11.8 Å². The molecule has 2 aromatic rings. The van der Waals surface area contributed by atoms with Crippen LogP contribution in [-0.4, -0.2) is 29.3 Å². The summed E-state index contributed by atoms with van der Waals surface area (Å²) in [5.41, 5.74) is -0.688. The van der Waals surface area contributed by atoms with Gasteiger partial charge in [-0.1, -0.05) is 0 Å². The second kappa shape index (κ2) is 7.23. The maximum atomic E-state index is 12.6. The van der Waals surface area contributed by atoms with Crippen molar-refractivity contribution in [3.05, 3.63) is 59.5 Å². The standard InChI is InChI=1S/C18H17F3N2O3/c19-18(20,21)13-7-5-12(6-8-13)17(25)23-9-1-4-15(23)16(24)22-11-14-3-2-10-26-14/h2-3,5-8,10,15H,1,4,9,11H2,(H,22,24). The Bertz CT molecular complexity index is 770. The van der Waals surface area contributed by atoms with E-state index in [4.69, 9.17) is 4.42 Å². The summed E-state index contributed by atoms with van der Waals surface area (Å²) in [5, 5.41) is 2.72. The Labute approximate surface area is 147 Å². The average molecular weight is 366 g/mol. The van der Waals surface area contributed by atoms with Crippen molar-refractivity contribution in [1.29, 1.82) is 0 Å². The predicted molar refractivity (Wildman–Crippen MR) is 86.1 cm³/mol. The molecule has 1 saturated heterocycles. The highest BCUT2D eigenvalue weighted by molar-refractivity contribution is 5.98. The first-order chi connectivity index (χ1) is 12.4. The lowest BCUT2D eigenvalue weighted by atomic mass is 10.1. The minimum Gasteiger partial charge on any atom is -0.467 e. The van der Waals surface area contributed by atoms with Gasteiger partial charge in [-0.05, 0) is 49.2 Å². The molecule has 1 aliphatic rings. The van der Waals surface area contributed by atoms with E-state index in [0.29, 0.717) is 25.1 Å². The van der Waals surface area contributed by atoms with E-state index in [1.807, 2.05) is 0 Å². The molecule has 0 bridgehead atoms. The maximum Gasteiger partial charge on any atom is 0.416 e. The van der Waals surface area contributed by atoms with Crippen LogP contribution in [0.25, 0.3) is 0 Å². The van der Waals surface area contributed by atoms with Gasteiger partial charge in [0.2, 0.25) is 5.91 Å². The van der Waals surface area contributed by atoms with E-state index in [9.17, 15) is 22.8 Å². The first kappa shape index (κ1) is 18.0. The fourth-order valence-electron chi connectivity index (χ4n) is 2.96. The van der Waals surface area contributed by atoms with Crippen molar-refractivity contribution in [1.82, 2.24) is 10.2 Å². The largest absolute Gasteiger partial charge is 0.467 e. The minimum absolute atomic E-state index is 0.128. The van der Waals surface area contributed by atoms with Crippen LogP contribution in [0.4, 0.5) is 13.2 Å². The van der Waals surface area contributed by atoms with Crippen LogP contribution in [0, 0.1) is 0 Å². The molecule has 1 unspecified atom stereocenters. The Hall–Kier alpha value is -2.77. The number of amides is 2. The molecule has 0 spiro atoms. The van der Waals surface area contributed by atoms with E-state index in [-0.39, 0.29) is 18.0 Å². The van der Waals surface area contributed by atoms with Crippen LogP contribution in [0.15, 0.2) is 47.1 Å². The number of rotatable bonds is 4. The van der Waals surface area contributed by atoms with Crippen LogP contribution in [0.2, 0.25) is 0 Å². The van der Waals surface area contributed by atoms with E-state index in [1.165, 1.54) is 11.2 Å². The van der Waals surface area contributed by atoms with Crippen LogP contribution in [0.5, 0.6) is 0 Å². The molecule has 2 amide bonds. The van der Waals surface area contributed by atoms with E-state index in [2.05, 4.69) is 5.32 Å². The lowest BCUT2D eigenvalue weighted by Gasteiger charge is -2.24. The lowest BCUT2D eigenvalue weighted by Crippen LogP contribution is -2.45. The lowest BCUT2D eigenvalue weighted by molar-refractivity contribution is -0.137. The third-order valence-electron chi connectivity index (χ3n) is 4.29. The van der Waals surface area contributed by atoms with Gasteiger partial charge in [-0.25, -0.2) is 0 Å². The Morgan fingerprint density at radius 3 is 2.54 bits per heavy atom. The third kappa shape index (κ3) is 3.89. The molecule has 0 radical (unpaired) electrons. The molecular formula is C18H17F3N2O3. The molecule has 1 atom stereocenters. The number of carbonyl (C=O) groups excluding carboxylic acids is 2. The number of halogens is 3. The molecule has 1 fully saturated rings. The summed E-state index contributed by atoms with van der Waals surface area (Å²) in [5.74, 6) is -0.162. The first-order valence-corrected chi connectivity index (χ1v) is 8.14. The van der Waals surface area contributed by atoms with Gasteiger partial charge in [0.1, 0.15) is 11.8 Å². The second-order valence-corrected chi connectivity index (χ2v) is 6.03. The van der Waals surface area contributed by atoms with Gasteiger partial charge >= 0.3 is 6.18 Å². The van der Waals surface area contributed by atoms with Gasteiger partial charge in [0.25, 0.3) is 5.91 Å². The molecule has 5 nitrogen and oxygen atoms in total. The smallest absolute Gasteiger partial charge is 0.416 e. The third-order valence-corrected chi connectivity index (χ3v) is 4.29. The Kier molecular flexibility index (Phi) is 5.01. The van der Waals surface area contributed by atoms with Gasteiger partial charge in [-0.2, -0.15) is 13.2 Å². The molecule has 26 heavy (non-hydrogen) atoms. The van der Waals surface area contributed by atoms with Gasteiger partial charge in [-0.15, -0.1) is 0 Å². The van der Waals surface area contributed by atoms with Crippen molar-refractivity contribution in [3.63, 3.8) is 0 Å². The number of nitrogens with zero attached hydrogens (tertiary/aromatic N) is 1. The van der Waals surface area contributed by atoms with Gasteiger partial charge < -0.3 is 14.6 Å². The van der Waals surface area contributed by atoms with E-state index < -0.39 is 23.7 Å². The minimum atomic E-state index is -4.45. The zero-order valence-electron chi connectivity index (χ0n) is 13.8. The van der Waals surface area contributed by atoms with Crippen LogP contribution in [0.3, 0.4) is 0 Å². The van der Waals surface area contributed by atoms with Crippen molar-refractivity contribution in [2.75, 3.05) is 6.54 Å². The number of hydrogen-bond donors (Lipinski definition) is 1. The highest BCUT2D eigenvalue weighted by Gasteiger charge is 2.35. The molecule has 3 rings (SSSR count). The summed E-state index contributed by atoms with van der Waals surface area (Å²) in [6.45, 7) is 0.601. The summed E-state index contributed by atoms with van der Waals surface area (Å²) >= 11 is 0. The number of carbonyl (C=O) groups is 2. The number of likely N-dealkylation sites (tertiary alicyclic amines) is 1. The van der Waals surface area contributed by atoms with Crippen molar-refractivity contribution in [3.8, 4) is 0 Å². The molecule has 1 aliphatic heterocycles. The summed E-state index contributed by atoms with van der Waals surface area (Å²) in [6, 6.07) is 6.81. The van der Waals surface area contributed by atoms with Gasteiger partial charge in [-0.3, -0.25) is 9.59 Å². The van der Waals surface area contributed by atoms with E-state index in [1.54, 1.807) is 12.1 Å². The number of furan rings is 1. The van der Waals surface area contributed by atoms with Gasteiger partial charge in [0, 0.05) is 12.1 Å². The average Bonchev–Trinajstić information content (AvgIpc) is 3.30. The topological polar surface area (TPSA) is 62.6 Å². The van der Waals surface area contributed by atoms with Crippen LogP contribution >= 0.6 is 0 Å². The Morgan fingerprint density at radius 1 is 1.19 bits per heavy atom. The van der Waals surface area contributed by atoms with Crippen molar-refractivity contribution in [2.24, 2.45) is 0 Å². The monoisotopic (exact) mass is 366 g/mol. The molecule has 138 valence electrons. The molecule has 1 N–H and O–H groups in total. The number of alkyl halides is 3. The fraction of sp³-hybridized carbons (Fsp3) is 0.333. The predicted octanol–water partition coefficient (Wildman–Crippen LogP) is 3.22. The highest BCUT2D eigenvalue weighted by atomic mass is 19.4. The summed E-state index contributed by atoms with van der Waals surface area (Å²) in [6.07, 6.45) is -1.79. The summed E-state index contributed by atoms with van der Waals surface area (Å²) in [7, 11) is 0. The van der Waals surface area contributed by atoms with Crippen LogP contribution < -0.4 is 5.32 Å². The molecule has 0 saturated carbocycles. The van der Waals surface area contributed by atoms with Crippen LogP contribution in [0.1, 0.15) is 34.5 Å². The Balaban J connectivity index is 1.66. The van der Waals surface area contributed by atoms with Gasteiger partial charge in [0.15, 0.2) is 0 Å². The van der Waals surface area contributed by atoms with E-state index in [0.717, 1.165) is 24.3 Å². The van der Waals surface area contributed by atoms with Crippen LogP contribution in [-0.2, 0) is 17.5 Å². The van der Waals surface area contributed by atoms with E-state index >= 15 is 0 Å². The molecule has 1 aromatic heterocycles. The fourth-order valence-corrected chi connectivity index (χ4v) is 2.96. The SMILES string of the molecule is O=C(NCc1ccco1)C1CCCN1C(=O)c1ccc(C(F)(F)F)cc1. The first-order valence-electron chi connectivity index (χ1n) is 8.14. The normalized spacial score (nSPS) is 17.3. The highest BCUT2D eigenvalue weighted by Crippen LogP contribution is 2.29.